The number of nitrogens with zero attached hydrogens (tertiary/aromatic N) is 2. The predicted octanol–water partition coefficient (Wildman–Crippen LogP) is 0.736. The van der Waals surface area contributed by atoms with Crippen LogP contribution in [-0.4, -0.2) is 22.3 Å². The van der Waals surface area contributed by atoms with Gasteiger partial charge in [-0.3, -0.25) is 0 Å². The van der Waals surface area contributed by atoms with Gasteiger partial charge < -0.3 is 10.5 Å². The molecule has 0 unspecified atom stereocenters. The molecule has 0 saturated carbocycles. The normalized spacial score (nSPS) is 9.77. The predicted molar refractivity (Wildman–Crippen MR) is 53.9 cm³/mol. The Labute approximate surface area is 82.1 Å². The molecule has 1 aromatic heterocycles. The molecule has 2 N–H and O–H groups in total. The molecule has 4 nitrogen and oxygen atoms in total. The number of thiocarbonyl (C=S) groups is 1. The number of methoxy groups -OCH3 is 1. The third-order valence-electron chi connectivity index (χ3n) is 1.86. The van der Waals surface area contributed by atoms with Crippen LogP contribution in [0.1, 0.15) is 16.8 Å². The Morgan fingerprint density at radius 2 is 2.00 bits per heavy atom. The van der Waals surface area contributed by atoms with E-state index < -0.39 is 0 Å². The molecule has 0 aliphatic carbocycles. The van der Waals surface area contributed by atoms with Crippen molar-refractivity contribution in [2.75, 3.05) is 7.11 Å². The first-order valence-electron chi connectivity index (χ1n) is 3.75. The van der Waals surface area contributed by atoms with Crippen molar-refractivity contribution in [3.8, 4) is 5.88 Å². The highest BCUT2D eigenvalue weighted by Crippen LogP contribution is 2.19. The summed E-state index contributed by atoms with van der Waals surface area (Å²) in [6, 6.07) is 0. The number of hydrogen-bond donors (Lipinski definition) is 1. The molecule has 5 heteroatoms. The Morgan fingerprint density at radius 1 is 1.38 bits per heavy atom. The van der Waals surface area contributed by atoms with E-state index in [4.69, 9.17) is 22.7 Å². The van der Waals surface area contributed by atoms with Crippen molar-refractivity contribution in [1.29, 1.82) is 0 Å². The maximum absolute atomic E-state index is 5.54. The van der Waals surface area contributed by atoms with E-state index in [0.717, 1.165) is 11.3 Å². The van der Waals surface area contributed by atoms with Crippen molar-refractivity contribution >= 4 is 17.2 Å². The van der Waals surface area contributed by atoms with E-state index in [1.54, 1.807) is 0 Å². The summed E-state index contributed by atoms with van der Waals surface area (Å²) in [6.07, 6.45) is 0. The van der Waals surface area contributed by atoms with Gasteiger partial charge in [-0.15, -0.1) is 5.10 Å². The van der Waals surface area contributed by atoms with Crippen molar-refractivity contribution in [2.45, 2.75) is 13.8 Å². The summed E-state index contributed by atoms with van der Waals surface area (Å²) >= 11 is 4.89. The minimum absolute atomic E-state index is 0.285. The number of hydrogen-bond acceptors (Lipinski definition) is 4. The maximum atomic E-state index is 5.54. The maximum Gasteiger partial charge on any atom is 0.243 e. The molecule has 0 bridgehead atoms. The molecule has 0 atom stereocenters. The molecule has 0 saturated heterocycles. The molecule has 70 valence electrons. The van der Waals surface area contributed by atoms with Crippen LogP contribution in [0.3, 0.4) is 0 Å². The molecule has 13 heavy (non-hydrogen) atoms. The van der Waals surface area contributed by atoms with Crippen molar-refractivity contribution < 1.29 is 4.74 Å². The van der Waals surface area contributed by atoms with Crippen molar-refractivity contribution in [1.82, 2.24) is 10.2 Å². The summed E-state index contributed by atoms with van der Waals surface area (Å²) in [5, 5.41) is 7.74. The van der Waals surface area contributed by atoms with Gasteiger partial charge in [0.25, 0.3) is 0 Å². The van der Waals surface area contributed by atoms with Crippen LogP contribution >= 0.6 is 12.2 Å². The molecule has 0 aliphatic heterocycles. The fourth-order valence-corrected chi connectivity index (χ4v) is 1.26. The Balaban J connectivity index is 3.41. The second-order valence-corrected chi connectivity index (χ2v) is 3.10. The van der Waals surface area contributed by atoms with E-state index in [1.807, 2.05) is 13.8 Å². The van der Waals surface area contributed by atoms with E-state index in [2.05, 4.69) is 10.2 Å². The van der Waals surface area contributed by atoms with Gasteiger partial charge >= 0.3 is 0 Å². The quantitative estimate of drug-likeness (QED) is 0.708. The molecular formula is C8H11N3OS. The summed E-state index contributed by atoms with van der Waals surface area (Å²) in [5.41, 5.74) is 7.94. The third-order valence-corrected chi connectivity index (χ3v) is 2.07. The van der Waals surface area contributed by atoms with Gasteiger partial charge in [-0.2, -0.15) is 5.10 Å². The van der Waals surface area contributed by atoms with Gasteiger partial charge in [0, 0.05) is 0 Å². The minimum atomic E-state index is 0.285. The van der Waals surface area contributed by atoms with Gasteiger partial charge in [0.2, 0.25) is 5.88 Å². The lowest BCUT2D eigenvalue weighted by atomic mass is 10.1. The van der Waals surface area contributed by atoms with Crippen molar-refractivity contribution in [3.63, 3.8) is 0 Å². The summed E-state index contributed by atoms with van der Waals surface area (Å²) in [7, 11) is 1.51. The zero-order chi connectivity index (χ0) is 10.0. The average Bonchev–Trinajstić information content (AvgIpc) is 2.08. The van der Waals surface area contributed by atoms with Gasteiger partial charge in [0.05, 0.1) is 18.4 Å². The van der Waals surface area contributed by atoms with Crippen LogP contribution in [0.4, 0.5) is 0 Å². The minimum Gasteiger partial charge on any atom is -0.479 e. The zero-order valence-corrected chi connectivity index (χ0v) is 8.60. The molecule has 0 spiro atoms. The first-order valence-corrected chi connectivity index (χ1v) is 4.16. The SMILES string of the molecule is COc1nnc(C)c(C)c1C(N)=S. The fourth-order valence-electron chi connectivity index (χ4n) is 1.02. The van der Waals surface area contributed by atoms with Gasteiger partial charge in [-0.1, -0.05) is 12.2 Å². The van der Waals surface area contributed by atoms with Crippen LogP contribution in [0.2, 0.25) is 0 Å². The Morgan fingerprint density at radius 3 is 2.46 bits per heavy atom. The lowest BCUT2D eigenvalue weighted by Gasteiger charge is -2.09. The zero-order valence-electron chi connectivity index (χ0n) is 7.79. The lowest BCUT2D eigenvalue weighted by Crippen LogP contribution is -2.15. The van der Waals surface area contributed by atoms with Crippen LogP contribution in [-0.2, 0) is 0 Å². The molecule has 1 heterocycles. The molecule has 0 aliphatic rings. The van der Waals surface area contributed by atoms with Crippen molar-refractivity contribution in [3.05, 3.63) is 16.8 Å². The van der Waals surface area contributed by atoms with Gasteiger partial charge in [0.1, 0.15) is 4.99 Å². The Kier molecular flexibility index (Phi) is 2.77. The van der Waals surface area contributed by atoms with Gasteiger partial charge in [0.15, 0.2) is 0 Å². The standard InChI is InChI=1S/C8H11N3OS/c1-4-5(2)10-11-8(12-3)6(4)7(9)13/h1-3H3,(H2,9,13). The third kappa shape index (κ3) is 1.75. The van der Waals surface area contributed by atoms with E-state index in [-0.39, 0.29) is 4.99 Å². The Hall–Kier alpha value is -1.23. The molecule has 1 rings (SSSR count). The largest absolute Gasteiger partial charge is 0.479 e. The van der Waals surface area contributed by atoms with Crippen LogP contribution < -0.4 is 10.5 Å². The highest BCUT2D eigenvalue weighted by molar-refractivity contribution is 7.80. The fraction of sp³-hybridized carbons (Fsp3) is 0.375. The highest BCUT2D eigenvalue weighted by Gasteiger charge is 2.13. The lowest BCUT2D eigenvalue weighted by molar-refractivity contribution is 0.390. The topological polar surface area (TPSA) is 61.0 Å². The van der Waals surface area contributed by atoms with E-state index in [0.29, 0.717) is 11.4 Å². The molecule has 0 aromatic carbocycles. The first-order chi connectivity index (χ1) is 6.07. The summed E-state index contributed by atoms with van der Waals surface area (Å²) < 4.78 is 5.00. The molecule has 0 radical (unpaired) electrons. The van der Waals surface area contributed by atoms with Crippen LogP contribution in [0.25, 0.3) is 0 Å². The second-order valence-electron chi connectivity index (χ2n) is 2.66. The number of rotatable bonds is 2. The van der Waals surface area contributed by atoms with Crippen LogP contribution in [0.5, 0.6) is 5.88 Å². The molecule has 0 fully saturated rings. The summed E-state index contributed by atoms with van der Waals surface area (Å²) in [5.74, 6) is 0.385. The molecule has 1 aromatic rings. The summed E-state index contributed by atoms with van der Waals surface area (Å²) in [4.78, 5) is 0.285. The highest BCUT2D eigenvalue weighted by atomic mass is 32.1. The first kappa shape index (κ1) is 9.85. The average molecular weight is 197 g/mol. The monoisotopic (exact) mass is 197 g/mol. The number of ether oxygens (including phenoxy) is 1. The van der Waals surface area contributed by atoms with E-state index >= 15 is 0 Å². The van der Waals surface area contributed by atoms with Crippen LogP contribution in [0.15, 0.2) is 0 Å². The van der Waals surface area contributed by atoms with Gasteiger partial charge in [-0.25, -0.2) is 0 Å². The smallest absolute Gasteiger partial charge is 0.243 e. The van der Waals surface area contributed by atoms with Crippen LogP contribution in [0, 0.1) is 13.8 Å². The summed E-state index contributed by atoms with van der Waals surface area (Å²) in [6.45, 7) is 3.74. The van der Waals surface area contributed by atoms with Gasteiger partial charge in [-0.05, 0) is 19.4 Å². The van der Waals surface area contributed by atoms with E-state index in [1.165, 1.54) is 7.11 Å². The number of nitrogens with two attached hydrogens (primary N) is 1. The number of aryl methyl sites for hydroxylation is 1. The van der Waals surface area contributed by atoms with E-state index in [9.17, 15) is 0 Å². The molecule has 0 amide bonds. The Bertz CT molecular complexity index is 351. The second kappa shape index (κ2) is 3.66. The molecular weight excluding hydrogens is 186 g/mol. The van der Waals surface area contributed by atoms with Crippen molar-refractivity contribution in [2.24, 2.45) is 5.73 Å². The number of aromatic nitrogens is 2.